The zero-order chi connectivity index (χ0) is 87.1. The van der Waals surface area contributed by atoms with Gasteiger partial charge < -0.3 is 54.0 Å². The zero-order valence-electron chi connectivity index (χ0n) is 68.4. The highest BCUT2D eigenvalue weighted by molar-refractivity contribution is 4.86. The molecule has 3 saturated heterocycles. The highest BCUT2D eigenvalue weighted by Crippen LogP contribution is 2.05. The Morgan fingerprint density at radius 3 is 0.974 bits per heavy atom. The molecule has 0 radical (unpaired) electrons. The van der Waals surface area contributed by atoms with Crippen LogP contribution in [0.1, 0.15) is 109 Å². The van der Waals surface area contributed by atoms with Crippen LogP contribution in [0.2, 0.25) is 0 Å². The lowest BCUT2D eigenvalue weighted by atomic mass is 10.2. The van der Waals surface area contributed by atoms with Gasteiger partial charge in [-0.2, -0.15) is 63.1 Å². The van der Waals surface area contributed by atoms with E-state index < -0.39 is 0 Å². The summed E-state index contributed by atoms with van der Waals surface area (Å²) in [4.78, 5) is 37.3. The number of rotatable bonds is 47. The van der Waals surface area contributed by atoms with E-state index in [2.05, 4.69) is 131 Å². The van der Waals surface area contributed by atoms with Crippen molar-refractivity contribution < 1.29 is 0 Å². The molecule has 630 valence electrons. The van der Waals surface area contributed by atoms with Crippen molar-refractivity contribution in [2.45, 2.75) is 109 Å². The Balaban J connectivity index is -0.000000185. The molecule has 0 spiro atoms. The van der Waals surface area contributed by atoms with Crippen LogP contribution < -0.4 is 65.5 Å². The Morgan fingerprint density at radius 2 is 0.617 bits per heavy atom. The fourth-order valence-electron chi connectivity index (χ4n) is 8.89. The van der Waals surface area contributed by atoms with Crippen molar-refractivity contribution in [3.63, 3.8) is 0 Å². The minimum absolute atomic E-state index is 0.125. The van der Waals surface area contributed by atoms with E-state index in [0.717, 1.165) is 208 Å². The summed E-state index contributed by atoms with van der Waals surface area (Å²) in [7, 11) is 0. The fourth-order valence-corrected chi connectivity index (χ4v) is 8.89. The standard InChI is InChI=1S/C11H18N4.C10H16N6.C9H16N4.C9H17N3.C8H16N4.C7H11N3.C7H15N3.C6H6N4.C4H5N3.C4H8N2.C2H4N2/c1-13-11-15-9-7-14(8-10-15)6-4-2-3-5-12;1-13-10-15-6-9-16(7-3-12)8-5-14-4-2-11;1-11-9-13-7-4-2-3-6-12-8-5-10;10-4-2-1-3-7-12-8-5-11-6-9-12;1-10-8-12-6-4-11(3-2-9)5-7-12;1-9-7-10-6-4-2-3-5-8;8-4-2-1-3-6-10-7-5-9;1-9-6-10(4-2-7)5-3-8;1-6-4-7-3-2-5;5-3-1-2-4-6;3-1-2-4/h2-4,6-11H2;14-15H,4-10H2;12-13H,2-4,6-9H2;11H,1-3,5-9H2;2-9H2;10H,2-4,6-7H2;10H,1-4,6-8H2;4-6H2;7H,3-4H2;1-3,5H2;1,3H2. The molecule has 3 fully saturated rings. The van der Waals surface area contributed by atoms with Gasteiger partial charge in [0.05, 0.1) is 125 Å². The number of hydrogen-bond acceptors (Lipinski definition) is 31. The average Bonchev–Trinajstić information content (AvgIpc) is 0.925. The van der Waals surface area contributed by atoms with Gasteiger partial charge in [-0.15, -0.1) is 0 Å². The molecule has 0 aromatic carbocycles. The average molecular weight is 1590 g/mol. The minimum atomic E-state index is 0.125. The number of nitrogens with one attached hydrogen (secondary N) is 8. The molecule has 3 rings (SSSR count). The Morgan fingerprint density at radius 1 is 0.296 bits per heavy atom. The van der Waals surface area contributed by atoms with Crippen molar-refractivity contribution in [1.82, 2.24) is 76.8 Å². The molecule has 0 amide bonds. The van der Waals surface area contributed by atoms with Crippen LogP contribution in [0, 0.1) is 182 Å². The number of nitrogens with two attached hydrogens (primary N) is 4. The van der Waals surface area contributed by atoms with E-state index in [1.807, 2.05) is 47.4 Å². The molecule has 0 aliphatic carbocycles. The largest absolute Gasteiger partial charge is 0.330 e. The smallest absolute Gasteiger partial charge is 0.272 e. The number of nitriles is 12. The Kier molecular flexibility index (Phi) is 125. The van der Waals surface area contributed by atoms with Gasteiger partial charge in [-0.3, -0.25) is 54.3 Å². The summed E-state index contributed by atoms with van der Waals surface area (Å²) in [5.74, 6) is 0. The van der Waals surface area contributed by atoms with E-state index in [4.69, 9.17) is 126 Å². The molecule has 0 aromatic rings. The summed E-state index contributed by atoms with van der Waals surface area (Å²) >= 11 is 0. The highest BCUT2D eigenvalue weighted by Gasteiger charge is 2.18. The molecule has 0 unspecified atom stereocenters. The van der Waals surface area contributed by atoms with E-state index in [0.29, 0.717) is 105 Å². The van der Waals surface area contributed by atoms with Gasteiger partial charge in [-0.1, -0.05) is 12.8 Å². The predicted molar refractivity (Wildman–Crippen MR) is 446 cm³/mol. The van der Waals surface area contributed by atoms with E-state index in [9.17, 15) is 0 Å². The highest BCUT2D eigenvalue weighted by atomic mass is 15.3. The van der Waals surface area contributed by atoms with Crippen LogP contribution in [0.5, 0.6) is 0 Å². The summed E-state index contributed by atoms with van der Waals surface area (Å²) < 4.78 is 0. The van der Waals surface area contributed by atoms with Gasteiger partial charge >= 0.3 is 0 Å². The van der Waals surface area contributed by atoms with Crippen LogP contribution in [0.4, 0.5) is 0 Å². The molecule has 0 atom stereocenters. The second kappa shape index (κ2) is 119. The monoisotopic (exact) mass is 1590 g/mol. The van der Waals surface area contributed by atoms with Gasteiger partial charge in [0.25, 0.3) is 46.7 Å². The molecular formula is C77H132N38. The quantitative estimate of drug-likeness (QED) is 0.0237. The lowest BCUT2D eigenvalue weighted by Gasteiger charge is -2.31. The van der Waals surface area contributed by atoms with Gasteiger partial charge in [0, 0.05) is 157 Å². The molecule has 38 nitrogen and oxygen atoms in total. The topological polar surface area (TPSA) is 539 Å². The lowest BCUT2D eigenvalue weighted by molar-refractivity contribution is 0.140. The molecule has 16 N–H and O–H groups in total. The molecule has 115 heavy (non-hydrogen) atoms. The predicted octanol–water partition coefficient (Wildman–Crippen LogP) is 2.61. The van der Waals surface area contributed by atoms with Crippen LogP contribution in [0.15, 0.2) is 0 Å². The van der Waals surface area contributed by atoms with Gasteiger partial charge in [0.15, 0.2) is 0 Å². The Bertz CT molecular complexity index is 2860. The van der Waals surface area contributed by atoms with Gasteiger partial charge in [0.2, 0.25) is 0 Å². The van der Waals surface area contributed by atoms with E-state index in [-0.39, 0.29) is 39.5 Å². The van der Waals surface area contributed by atoms with E-state index in [1.54, 1.807) is 6.07 Å². The van der Waals surface area contributed by atoms with Gasteiger partial charge in [-0.05, 0) is 110 Å². The summed E-state index contributed by atoms with van der Waals surface area (Å²) in [5, 5.41) is 122. The van der Waals surface area contributed by atoms with Crippen LogP contribution in [-0.4, -0.2) is 304 Å². The Hall–Kier alpha value is -10.4. The molecule has 0 bridgehead atoms. The zero-order valence-corrected chi connectivity index (χ0v) is 68.4. The van der Waals surface area contributed by atoms with Crippen LogP contribution in [-0.2, 0) is 0 Å². The number of hydrogen-bond donors (Lipinski definition) is 12. The first-order chi connectivity index (χ1) is 56.3. The minimum Gasteiger partial charge on any atom is -0.330 e. The molecule has 3 aliphatic heterocycles. The van der Waals surface area contributed by atoms with Crippen molar-refractivity contribution in [1.29, 1.82) is 63.1 Å². The maximum Gasteiger partial charge on any atom is 0.272 e. The molecule has 3 heterocycles. The Labute approximate surface area is 691 Å². The summed E-state index contributed by atoms with van der Waals surface area (Å²) in [6.45, 7) is 75.4. The molecule has 0 aromatic heterocycles. The summed E-state index contributed by atoms with van der Waals surface area (Å²) in [5.41, 5.74) is 20.5. The maximum atomic E-state index is 8.61. The first-order valence-corrected chi connectivity index (χ1v) is 38.6. The maximum absolute atomic E-state index is 8.61. The van der Waals surface area contributed by atoms with E-state index in [1.165, 1.54) is 31.0 Å². The van der Waals surface area contributed by atoms with Crippen molar-refractivity contribution >= 4 is 0 Å². The molecule has 0 saturated carbocycles. The van der Waals surface area contributed by atoms with Crippen molar-refractivity contribution in [3.8, 4) is 72.8 Å². The SMILES string of the molecule is N#CCCCCN1CCNCC1.N#CCCCN.N#CCN.N#CCNCCCCCN.[C-]#[N+]CN(CC#N)CC#N.[C-]#[N+]CN1CCN(CCCCC#N)CC1.[C-]#[N+]CN1CCN(CCN)CC1.[C-]#[N+]CNCC#N.[C-]#[N+]CNCCCCC#N.[C-]#[N+]CNCCCCCNCC#N.[C-]#[N+]CNCCN(CC#N)CCNCC#N. The van der Waals surface area contributed by atoms with Gasteiger partial charge in [0.1, 0.15) is 0 Å². The van der Waals surface area contributed by atoms with Crippen LogP contribution in [0.3, 0.4) is 0 Å². The van der Waals surface area contributed by atoms with Crippen LogP contribution in [0.25, 0.3) is 33.9 Å². The fraction of sp³-hybridized carbons (Fsp3) is 0.753. The number of nitrogens with zero attached hydrogens (tertiary/aromatic N) is 26. The second-order valence-corrected chi connectivity index (χ2v) is 24.0. The third kappa shape index (κ3) is 119. The normalized spacial score (nSPS) is 12.0. The number of unbranched alkanes of at least 4 members (excludes halogenated alkanes) is 11. The lowest BCUT2D eigenvalue weighted by Crippen LogP contribution is -2.47. The molecule has 38 heteroatoms. The molecular weight excluding hydrogens is 1460 g/mol. The summed E-state index contributed by atoms with van der Waals surface area (Å²) in [6, 6.07) is 23.8. The number of piperazine rings is 3. The third-order valence-electron chi connectivity index (χ3n) is 14.8. The first-order valence-electron chi connectivity index (χ1n) is 38.6. The van der Waals surface area contributed by atoms with Crippen molar-refractivity contribution in [3.05, 3.63) is 79.9 Å². The second-order valence-electron chi connectivity index (χ2n) is 24.0. The van der Waals surface area contributed by atoms with Crippen molar-refractivity contribution in [2.24, 2.45) is 22.9 Å². The van der Waals surface area contributed by atoms with Crippen molar-refractivity contribution in [2.75, 3.05) is 269 Å². The van der Waals surface area contributed by atoms with Crippen LogP contribution >= 0.6 is 0 Å². The summed E-state index contributed by atoms with van der Waals surface area (Å²) in [6.07, 6.45) is 16.4. The molecule has 3 aliphatic rings. The van der Waals surface area contributed by atoms with Gasteiger partial charge in [-0.25, -0.2) is 71.3 Å². The first kappa shape index (κ1) is 120. The third-order valence-corrected chi connectivity index (χ3v) is 14.8. The van der Waals surface area contributed by atoms with E-state index >= 15 is 0 Å².